The summed E-state index contributed by atoms with van der Waals surface area (Å²) in [5.41, 5.74) is 2.62. The van der Waals surface area contributed by atoms with Gasteiger partial charge < -0.3 is 14.6 Å². The van der Waals surface area contributed by atoms with Gasteiger partial charge in [-0.05, 0) is 18.6 Å². The van der Waals surface area contributed by atoms with Crippen LogP contribution in [-0.4, -0.2) is 23.8 Å². The van der Waals surface area contributed by atoms with E-state index in [1.807, 2.05) is 0 Å². The molecular weight excluding hydrogens is 212 g/mol. The fourth-order valence-corrected chi connectivity index (χ4v) is 2.71. The van der Waals surface area contributed by atoms with E-state index in [4.69, 9.17) is 4.74 Å². The van der Waals surface area contributed by atoms with Crippen LogP contribution in [0.15, 0.2) is 30.5 Å². The van der Waals surface area contributed by atoms with Gasteiger partial charge in [-0.3, -0.25) is 0 Å². The number of morpholine rings is 1. The molecule has 1 aromatic heterocycles. The minimum absolute atomic E-state index is 0.231. The molecule has 1 saturated heterocycles. The van der Waals surface area contributed by atoms with Crippen molar-refractivity contribution in [1.29, 1.82) is 0 Å². The lowest BCUT2D eigenvalue weighted by Gasteiger charge is -2.30. The van der Waals surface area contributed by atoms with Crippen LogP contribution in [0.25, 0.3) is 10.9 Å². The summed E-state index contributed by atoms with van der Waals surface area (Å²) < 4.78 is 7.92. The van der Waals surface area contributed by atoms with Gasteiger partial charge in [-0.1, -0.05) is 18.2 Å². The van der Waals surface area contributed by atoms with Crippen molar-refractivity contribution >= 4 is 10.9 Å². The van der Waals surface area contributed by atoms with E-state index in [0.717, 1.165) is 13.2 Å². The van der Waals surface area contributed by atoms with Gasteiger partial charge in [0.05, 0.1) is 18.8 Å². The molecule has 0 radical (unpaired) electrons. The molecule has 1 aliphatic heterocycles. The van der Waals surface area contributed by atoms with Crippen molar-refractivity contribution < 1.29 is 4.74 Å². The Morgan fingerprint density at radius 2 is 2.18 bits per heavy atom. The smallest absolute Gasteiger partial charge is 0.0743 e. The van der Waals surface area contributed by atoms with Crippen molar-refractivity contribution in [3.63, 3.8) is 0 Å². The number of benzene rings is 1. The number of aryl methyl sites for hydroxylation is 1. The predicted molar refractivity (Wildman–Crippen MR) is 69.1 cm³/mol. The zero-order valence-corrected chi connectivity index (χ0v) is 10.3. The Balaban J connectivity index is 2.10. The Morgan fingerprint density at radius 3 is 3.00 bits per heavy atom. The van der Waals surface area contributed by atoms with Crippen LogP contribution in [0, 0.1) is 0 Å². The SMILES string of the molecule is CC1OCCNC1c1cn(C)c2ccccc12. The van der Waals surface area contributed by atoms with Crippen LogP contribution in [-0.2, 0) is 11.8 Å². The van der Waals surface area contributed by atoms with E-state index in [0.29, 0.717) is 6.04 Å². The van der Waals surface area contributed by atoms with Gasteiger partial charge in [-0.2, -0.15) is 0 Å². The van der Waals surface area contributed by atoms with E-state index < -0.39 is 0 Å². The third kappa shape index (κ3) is 1.75. The first kappa shape index (κ1) is 10.8. The number of rotatable bonds is 1. The number of hydrogen-bond donors (Lipinski definition) is 1. The number of hydrogen-bond acceptors (Lipinski definition) is 2. The highest BCUT2D eigenvalue weighted by molar-refractivity contribution is 5.84. The second-order valence-electron chi connectivity index (χ2n) is 4.72. The molecule has 90 valence electrons. The number of para-hydroxylation sites is 1. The first-order valence-electron chi connectivity index (χ1n) is 6.16. The molecule has 17 heavy (non-hydrogen) atoms. The van der Waals surface area contributed by atoms with Gasteiger partial charge in [-0.15, -0.1) is 0 Å². The maximum Gasteiger partial charge on any atom is 0.0743 e. The van der Waals surface area contributed by atoms with E-state index in [9.17, 15) is 0 Å². The normalized spacial score (nSPS) is 25.3. The highest BCUT2D eigenvalue weighted by Gasteiger charge is 2.25. The summed E-state index contributed by atoms with van der Waals surface area (Å²) >= 11 is 0. The molecule has 1 aromatic carbocycles. The molecule has 0 aliphatic carbocycles. The Kier molecular flexibility index (Phi) is 2.65. The summed E-state index contributed by atoms with van der Waals surface area (Å²) in [6, 6.07) is 8.83. The summed E-state index contributed by atoms with van der Waals surface area (Å²) in [5, 5.41) is 4.88. The van der Waals surface area contributed by atoms with Crippen molar-refractivity contribution in [2.45, 2.75) is 19.1 Å². The lowest BCUT2D eigenvalue weighted by molar-refractivity contribution is 0.00792. The number of aromatic nitrogens is 1. The third-order valence-corrected chi connectivity index (χ3v) is 3.58. The second kappa shape index (κ2) is 4.17. The predicted octanol–water partition coefficient (Wildman–Crippen LogP) is 2.23. The summed E-state index contributed by atoms with van der Waals surface area (Å²) in [6.07, 6.45) is 2.45. The maximum absolute atomic E-state index is 5.73. The van der Waals surface area contributed by atoms with Crippen molar-refractivity contribution in [1.82, 2.24) is 9.88 Å². The zero-order chi connectivity index (χ0) is 11.8. The van der Waals surface area contributed by atoms with Crippen LogP contribution in [0.1, 0.15) is 18.5 Å². The van der Waals surface area contributed by atoms with E-state index in [1.54, 1.807) is 0 Å². The van der Waals surface area contributed by atoms with Crippen LogP contribution in [0.3, 0.4) is 0 Å². The molecular formula is C14H18N2O. The van der Waals surface area contributed by atoms with Crippen molar-refractivity contribution in [3.05, 3.63) is 36.0 Å². The molecule has 0 spiro atoms. The molecule has 1 fully saturated rings. The van der Waals surface area contributed by atoms with Crippen LogP contribution >= 0.6 is 0 Å². The molecule has 2 atom stereocenters. The average Bonchev–Trinajstić information content (AvgIpc) is 2.68. The van der Waals surface area contributed by atoms with Gasteiger partial charge in [0.25, 0.3) is 0 Å². The third-order valence-electron chi connectivity index (χ3n) is 3.58. The largest absolute Gasteiger partial charge is 0.375 e. The van der Waals surface area contributed by atoms with Gasteiger partial charge in [0.15, 0.2) is 0 Å². The Bertz CT molecular complexity index is 532. The van der Waals surface area contributed by atoms with Gasteiger partial charge in [0.1, 0.15) is 0 Å². The fraction of sp³-hybridized carbons (Fsp3) is 0.429. The minimum Gasteiger partial charge on any atom is -0.375 e. The Morgan fingerprint density at radius 1 is 1.35 bits per heavy atom. The summed E-state index contributed by atoms with van der Waals surface area (Å²) in [7, 11) is 2.10. The van der Waals surface area contributed by atoms with E-state index in [-0.39, 0.29) is 6.10 Å². The number of nitrogens with zero attached hydrogens (tertiary/aromatic N) is 1. The molecule has 2 aromatic rings. The molecule has 0 bridgehead atoms. The number of nitrogens with one attached hydrogen (secondary N) is 1. The second-order valence-corrected chi connectivity index (χ2v) is 4.72. The van der Waals surface area contributed by atoms with Gasteiger partial charge in [0.2, 0.25) is 0 Å². The van der Waals surface area contributed by atoms with Crippen molar-refractivity contribution in [2.24, 2.45) is 7.05 Å². The highest BCUT2D eigenvalue weighted by atomic mass is 16.5. The molecule has 3 heteroatoms. The number of fused-ring (bicyclic) bond motifs is 1. The van der Waals surface area contributed by atoms with Gasteiger partial charge in [-0.25, -0.2) is 0 Å². The van der Waals surface area contributed by atoms with E-state index >= 15 is 0 Å². The number of ether oxygens (including phenoxy) is 1. The van der Waals surface area contributed by atoms with E-state index in [1.165, 1.54) is 16.5 Å². The molecule has 0 amide bonds. The lowest BCUT2D eigenvalue weighted by atomic mass is 10.0. The van der Waals surface area contributed by atoms with Gasteiger partial charge in [0, 0.05) is 30.7 Å². The standard InChI is InChI=1S/C14H18N2O/c1-10-14(15-7-8-17-10)12-9-16(2)13-6-4-3-5-11(12)13/h3-6,9-10,14-15H,7-8H2,1-2H3. The monoisotopic (exact) mass is 230 g/mol. The van der Waals surface area contributed by atoms with Crippen LogP contribution in [0.5, 0.6) is 0 Å². The summed E-state index contributed by atoms with van der Waals surface area (Å²) in [5.74, 6) is 0. The van der Waals surface area contributed by atoms with Crippen LogP contribution < -0.4 is 5.32 Å². The van der Waals surface area contributed by atoms with Crippen LogP contribution in [0.4, 0.5) is 0 Å². The molecule has 3 nitrogen and oxygen atoms in total. The molecule has 2 unspecified atom stereocenters. The first-order valence-corrected chi connectivity index (χ1v) is 6.16. The Labute approximate surface area is 101 Å². The molecule has 2 heterocycles. The summed E-state index contributed by atoms with van der Waals surface area (Å²) in [4.78, 5) is 0. The highest BCUT2D eigenvalue weighted by Crippen LogP contribution is 2.29. The quantitative estimate of drug-likeness (QED) is 0.813. The molecule has 3 rings (SSSR count). The zero-order valence-electron chi connectivity index (χ0n) is 10.3. The fourth-order valence-electron chi connectivity index (χ4n) is 2.71. The molecule has 1 aliphatic rings. The maximum atomic E-state index is 5.73. The van der Waals surface area contributed by atoms with Gasteiger partial charge >= 0.3 is 0 Å². The van der Waals surface area contributed by atoms with Crippen molar-refractivity contribution in [2.75, 3.05) is 13.2 Å². The molecule has 0 saturated carbocycles. The summed E-state index contributed by atoms with van der Waals surface area (Å²) in [6.45, 7) is 3.87. The van der Waals surface area contributed by atoms with E-state index in [2.05, 4.69) is 54.3 Å². The molecule has 1 N–H and O–H groups in total. The van der Waals surface area contributed by atoms with Crippen molar-refractivity contribution in [3.8, 4) is 0 Å². The van der Waals surface area contributed by atoms with Crippen LogP contribution in [0.2, 0.25) is 0 Å². The lowest BCUT2D eigenvalue weighted by Crippen LogP contribution is -2.40. The minimum atomic E-state index is 0.231. The average molecular weight is 230 g/mol. The first-order chi connectivity index (χ1) is 8.27. The Hall–Kier alpha value is -1.32. The topological polar surface area (TPSA) is 26.2 Å².